The molecule has 7 heteroatoms. The van der Waals surface area contributed by atoms with E-state index in [1.165, 1.54) is 12.8 Å². The zero-order chi connectivity index (χ0) is 16.4. The van der Waals surface area contributed by atoms with E-state index >= 15 is 0 Å². The zero-order valence-corrected chi connectivity index (χ0v) is 14.1. The van der Waals surface area contributed by atoms with Gasteiger partial charge in [0.15, 0.2) is 0 Å². The summed E-state index contributed by atoms with van der Waals surface area (Å²) in [5.41, 5.74) is 1.08. The van der Waals surface area contributed by atoms with Crippen molar-refractivity contribution in [2.75, 3.05) is 36.4 Å². The van der Waals surface area contributed by atoms with Gasteiger partial charge in [0.05, 0.1) is 5.69 Å². The van der Waals surface area contributed by atoms with Gasteiger partial charge in [0.2, 0.25) is 5.95 Å². The third-order valence-corrected chi connectivity index (χ3v) is 4.86. The minimum absolute atomic E-state index is 0.503. The van der Waals surface area contributed by atoms with E-state index in [0.717, 1.165) is 50.2 Å². The van der Waals surface area contributed by atoms with E-state index in [-0.39, 0.29) is 0 Å². The Morgan fingerprint density at radius 3 is 3.04 bits per heavy atom. The number of anilines is 2. The highest BCUT2D eigenvalue weighted by Gasteiger charge is 2.24. The largest absolute Gasteiger partial charge is 0.370 e. The van der Waals surface area contributed by atoms with Crippen LogP contribution in [0.25, 0.3) is 0 Å². The predicted molar refractivity (Wildman–Crippen MR) is 94.2 cm³/mol. The first kappa shape index (κ1) is 15.4. The molecule has 2 N–H and O–H groups in total. The van der Waals surface area contributed by atoms with Gasteiger partial charge in [-0.3, -0.25) is 0 Å². The van der Waals surface area contributed by atoms with E-state index in [1.807, 2.05) is 25.4 Å². The number of piperidine rings is 1. The molecule has 4 heterocycles. The Hall–Kier alpha value is -2.15. The highest BCUT2D eigenvalue weighted by molar-refractivity contribution is 5.38. The van der Waals surface area contributed by atoms with Gasteiger partial charge in [-0.15, -0.1) is 0 Å². The van der Waals surface area contributed by atoms with E-state index in [4.69, 9.17) is 0 Å². The summed E-state index contributed by atoms with van der Waals surface area (Å²) in [5.74, 6) is 2.56. The predicted octanol–water partition coefficient (Wildman–Crippen LogP) is 1.28. The normalized spacial score (nSPS) is 23.6. The first-order chi connectivity index (χ1) is 11.8. The molecule has 0 amide bonds. The quantitative estimate of drug-likeness (QED) is 0.882. The van der Waals surface area contributed by atoms with Crippen LogP contribution in [0.3, 0.4) is 0 Å². The van der Waals surface area contributed by atoms with Gasteiger partial charge in [-0.25, -0.2) is 14.6 Å². The molecule has 0 spiro atoms. The number of fused-ring (bicyclic) bond motifs is 1. The molecule has 2 aliphatic rings. The van der Waals surface area contributed by atoms with E-state index in [9.17, 15) is 0 Å². The maximum atomic E-state index is 4.55. The third-order valence-electron chi connectivity index (χ3n) is 4.86. The van der Waals surface area contributed by atoms with Crippen molar-refractivity contribution in [3.63, 3.8) is 0 Å². The van der Waals surface area contributed by atoms with Gasteiger partial charge in [-0.2, -0.15) is 5.10 Å². The van der Waals surface area contributed by atoms with E-state index in [2.05, 4.69) is 41.3 Å². The average Bonchev–Trinajstić information content (AvgIpc) is 3.00. The van der Waals surface area contributed by atoms with Crippen LogP contribution >= 0.6 is 0 Å². The summed E-state index contributed by atoms with van der Waals surface area (Å²) in [5, 5.41) is 11.8. The molecule has 128 valence electrons. The lowest BCUT2D eigenvalue weighted by Gasteiger charge is -2.34. The van der Waals surface area contributed by atoms with Gasteiger partial charge < -0.3 is 15.5 Å². The minimum atomic E-state index is 0.503. The summed E-state index contributed by atoms with van der Waals surface area (Å²) in [6.07, 6.45) is 6.03. The van der Waals surface area contributed by atoms with Gasteiger partial charge in [0, 0.05) is 63.1 Å². The fourth-order valence-electron chi connectivity index (χ4n) is 3.63. The number of aryl methyl sites for hydroxylation is 1. The van der Waals surface area contributed by atoms with Gasteiger partial charge >= 0.3 is 0 Å². The highest BCUT2D eigenvalue weighted by Crippen LogP contribution is 2.19. The molecule has 2 atom stereocenters. The molecule has 4 rings (SSSR count). The summed E-state index contributed by atoms with van der Waals surface area (Å²) in [4.78, 5) is 11.0. The molecule has 0 bridgehead atoms. The second kappa shape index (κ2) is 6.76. The number of hydrogen-bond acceptors (Lipinski definition) is 6. The van der Waals surface area contributed by atoms with Crippen molar-refractivity contribution < 1.29 is 0 Å². The molecular formula is C17H25N7. The SMILES string of the molecule is Cc1cc2n(n1)C[C@@H](CN[C@H]1CCCN(c3ncccn3)C1)CN2. The number of nitrogens with one attached hydrogen (secondary N) is 2. The Morgan fingerprint density at radius 2 is 2.17 bits per heavy atom. The fraction of sp³-hybridized carbons (Fsp3) is 0.588. The second-order valence-corrected chi connectivity index (χ2v) is 6.84. The van der Waals surface area contributed by atoms with Crippen LogP contribution in [-0.4, -0.2) is 52.0 Å². The average molecular weight is 327 g/mol. The molecule has 0 saturated carbocycles. The molecule has 2 aromatic heterocycles. The van der Waals surface area contributed by atoms with E-state index in [0.29, 0.717) is 12.0 Å². The second-order valence-electron chi connectivity index (χ2n) is 6.84. The molecule has 2 aromatic rings. The van der Waals surface area contributed by atoms with Crippen molar-refractivity contribution in [3.05, 3.63) is 30.2 Å². The van der Waals surface area contributed by atoms with Gasteiger partial charge in [-0.1, -0.05) is 0 Å². The Balaban J connectivity index is 1.30. The highest BCUT2D eigenvalue weighted by atomic mass is 15.3. The van der Waals surface area contributed by atoms with Crippen molar-refractivity contribution in [1.29, 1.82) is 0 Å². The lowest BCUT2D eigenvalue weighted by molar-refractivity contribution is 0.345. The van der Waals surface area contributed by atoms with E-state index < -0.39 is 0 Å². The molecule has 2 aliphatic heterocycles. The van der Waals surface area contributed by atoms with Gasteiger partial charge in [-0.05, 0) is 25.8 Å². The lowest BCUT2D eigenvalue weighted by Crippen LogP contribution is -2.48. The summed E-state index contributed by atoms with van der Waals surface area (Å²) in [6.45, 7) is 7.08. The first-order valence-corrected chi connectivity index (χ1v) is 8.81. The van der Waals surface area contributed by atoms with Crippen LogP contribution in [0, 0.1) is 12.8 Å². The maximum absolute atomic E-state index is 4.55. The zero-order valence-electron chi connectivity index (χ0n) is 14.1. The van der Waals surface area contributed by atoms with Crippen LogP contribution in [0.1, 0.15) is 18.5 Å². The maximum Gasteiger partial charge on any atom is 0.225 e. The monoisotopic (exact) mass is 327 g/mol. The summed E-state index contributed by atoms with van der Waals surface area (Å²) < 4.78 is 2.09. The molecule has 0 radical (unpaired) electrons. The van der Waals surface area contributed by atoms with Crippen molar-refractivity contribution in [3.8, 4) is 0 Å². The van der Waals surface area contributed by atoms with Crippen molar-refractivity contribution in [2.45, 2.75) is 32.4 Å². The van der Waals surface area contributed by atoms with Gasteiger partial charge in [0.25, 0.3) is 0 Å². The Labute approximate surface area is 142 Å². The number of rotatable bonds is 4. The lowest BCUT2D eigenvalue weighted by atomic mass is 10.0. The van der Waals surface area contributed by atoms with Crippen molar-refractivity contribution >= 4 is 11.8 Å². The molecule has 0 aliphatic carbocycles. The van der Waals surface area contributed by atoms with Crippen LogP contribution in [0.5, 0.6) is 0 Å². The summed E-state index contributed by atoms with van der Waals surface area (Å²) in [6, 6.07) is 4.48. The topological polar surface area (TPSA) is 70.9 Å². The van der Waals surface area contributed by atoms with Crippen LogP contribution in [-0.2, 0) is 6.54 Å². The first-order valence-electron chi connectivity index (χ1n) is 8.81. The van der Waals surface area contributed by atoms with Gasteiger partial charge in [0.1, 0.15) is 5.82 Å². The molecule has 0 aromatic carbocycles. The molecule has 24 heavy (non-hydrogen) atoms. The molecule has 7 nitrogen and oxygen atoms in total. The number of nitrogens with zero attached hydrogens (tertiary/aromatic N) is 5. The van der Waals surface area contributed by atoms with Crippen molar-refractivity contribution in [2.24, 2.45) is 5.92 Å². The molecule has 1 fully saturated rings. The molecule has 0 unspecified atom stereocenters. The standard InChI is InChI=1S/C17H25N7/c1-13-8-16-21-10-14(11-24(16)22-13)9-20-15-4-2-7-23(12-15)17-18-5-3-6-19-17/h3,5-6,8,14-15,20-21H,2,4,7,9-12H2,1H3/t14-,15-/m0/s1. The van der Waals surface area contributed by atoms with Crippen LogP contribution in [0.15, 0.2) is 24.5 Å². The third kappa shape index (κ3) is 3.36. The Bertz CT molecular complexity index is 669. The van der Waals surface area contributed by atoms with Crippen molar-refractivity contribution in [1.82, 2.24) is 25.1 Å². The fourth-order valence-corrected chi connectivity index (χ4v) is 3.63. The van der Waals surface area contributed by atoms with E-state index in [1.54, 1.807) is 0 Å². The van der Waals surface area contributed by atoms with Crippen LogP contribution in [0.4, 0.5) is 11.8 Å². The minimum Gasteiger partial charge on any atom is -0.370 e. The summed E-state index contributed by atoms with van der Waals surface area (Å²) >= 11 is 0. The molecule has 1 saturated heterocycles. The molecular weight excluding hydrogens is 302 g/mol. The Kier molecular flexibility index (Phi) is 4.34. The van der Waals surface area contributed by atoms with Crippen LogP contribution in [0.2, 0.25) is 0 Å². The number of hydrogen-bond donors (Lipinski definition) is 2. The smallest absolute Gasteiger partial charge is 0.225 e. The number of aromatic nitrogens is 4. The van der Waals surface area contributed by atoms with Crippen LogP contribution < -0.4 is 15.5 Å². The summed E-state index contributed by atoms with van der Waals surface area (Å²) in [7, 11) is 0. The Morgan fingerprint density at radius 1 is 1.29 bits per heavy atom.